The number of carbonyl (C=O) groups excluding carboxylic acids is 1. The number of aryl methyl sites for hydroxylation is 1. The number of sulfonamides is 1. The lowest BCUT2D eigenvalue weighted by molar-refractivity contribution is -0.138. The molecule has 1 amide bonds. The third-order valence-corrected chi connectivity index (χ3v) is 7.01. The molecule has 10 nitrogen and oxygen atoms in total. The molecule has 0 saturated heterocycles. The van der Waals surface area contributed by atoms with Crippen molar-refractivity contribution in [3.8, 4) is 11.5 Å². The van der Waals surface area contributed by atoms with Gasteiger partial charge < -0.3 is 14.0 Å². The van der Waals surface area contributed by atoms with E-state index in [0.29, 0.717) is 17.3 Å². The maximum absolute atomic E-state index is 13.2. The minimum absolute atomic E-state index is 0.0309. The van der Waals surface area contributed by atoms with Crippen LogP contribution < -0.4 is 10.2 Å². The summed E-state index contributed by atoms with van der Waals surface area (Å²) in [6.45, 7) is 1.55. The Kier molecular flexibility index (Phi) is 7.99. The summed E-state index contributed by atoms with van der Waals surface area (Å²) in [5.74, 6) is -0.0551. The molecule has 2 aromatic carbocycles. The molecule has 3 rings (SSSR count). The lowest BCUT2D eigenvalue weighted by Crippen LogP contribution is -2.53. The molecule has 0 aliphatic carbocycles. The van der Waals surface area contributed by atoms with E-state index in [4.69, 9.17) is 9.47 Å². The fourth-order valence-corrected chi connectivity index (χ4v) is 4.59. The average Bonchev–Trinajstić information content (AvgIpc) is 3.24. The van der Waals surface area contributed by atoms with Crippen molar-refractivity contribution in [2.75, 3.05) is 7.05 Å². The van der Waals surface area contributed by atoms with Crippen LogP contribution in [0.3, 0.4) is 0 Å². The fraction of sp³-hybridized carbons (Fsp3) is 0.273. The Bertz CT molecular complexity index is 1210. The first kappa shape index (κ1) is 25.3. The van der Waals surface area contributed by atoms with E-state index in [-0.39, 0.29) is 11.5 Å². The van der Waals surface area contributed by atoms with Crippen LogP contribution >= 0.6 is 0 Å². The zero-order chi connectivity index (χ0) is 24.9. The summed E-state index contributed by atoms with van der Waals surface area (Å²) in [6.07, 6.45) is 2.38. The van der Waals surface area contributed by atoms with E-state index in [9.17, 15) is 22.8 Å². The van der Waals surface area contributed by atoms with Crippen LogP contribution in [0.5, 0.6) is 11.5 Å². The van der Waals surface area contributed by atoms with Crippen LogP contribution in [0.1, 0.15) is 12.7 Å². The first-order chi connectivity index (χ1) is 16.1. The Morgan fingerprint density at radius 1 is 1.18 bits per heavy atom. The van der Waals surface area contributed by atoms with Gasteiger partial charge in [-0.1, -0.05) is 0 Å². The molecule has 1 heterocycles. The van der Waals surface area contributed by atoms with Crippen molar-refractivity contribution in [1.82, 2.24) is 19.3 Å². The van der Waals surface area contributed by atoms with Gasteiger partial charge in [0.2, 0.25) is 10.0 Å². The molecule has 12 heteroatoms. The number of hydrogen-bond donors (Lipinski definition) is 2. The van der Waals surface area contributed by atoms with Crippen molar-refractivity contribution in [2.45, 2.75) is 30.6 Å². The number of rotatable bonds is 10. The number of aromatic nitrogens is 2. The maximum atomic E-state index is 13.2. The molecule has 1 aromatic heterocycles. The van der Waals surface area contributed by atoms with Crippen molar-refractivity contribution in [3.05, 3.63) is 72.6 Å². The van der Waals surface area contributed by atoms with E-state index < -0.39 is 33.9 Å². The van der Waals surface area contributed by atoms with E-state index in [1.165, 1.54) is 68.0 Å². The Hall–Kier alpha value is -3.32. The molecule has 0 spiro atoms. The summed E-state index contributed by atoms with van der Waals surface area (Å²) in [4.78, 5) is 16.4. The van der Waals surface area contributed by atoms with Gasteiger partial charge in [0.25, 0.3) is 5.91 Å². The summed E-state index contributed by atoms with van der Waals surface area (Å²) in [5.41, 5.74) is 1.50. The van der Waals surface area contributed by atoms with Crippen molar-refractivity contribution < 1.29 is 32.3 Å². The number of halogens is 1. The zero-order valence-electron chi connectivity index (χ0n) is 18.8. The highest BCUT2D eigenvalue weighted by Crippen LogP contribution is 2.25. The smallest absolute Gasteiger partial charge is 0.264 e. The monoisotopic (exact) mass is 492 g/mol. The van der Waals surface area contributed by atoms with Crippen LogP contribution in [0.25, 0.3) is 0 Å². The summed E-state index contributed by atoms with van der Waals surface area (Å²) < 4.78 is 53.3. The third-order valence-electron chi connectivity index (χ3n) is 5.16. The predicted octanol–water partition coefficient (Wildman–Crippen LogP) is 2.45. The highest BCUT2D eigenvalue weighted by Gasteiger charge is 2.37. The number of amides is 1. The number of imidazole rings is 1. The quantitative estimate of drug-likeness (QED) is 0.329. The first-order valence-electron chi connectivity index (χ1n) is 10.2. The predicted molar refractivity (Wildman–Crippen MR) is 119 cm³/mol. The van der Waals surface area contributed by atoms with E-state index in [1.807, 2.05) is 0 Å². The second-order valence-electron chi connectivity index (χ2n) is 7.44. The number of hydroxylamine groups is 1. The molecule has 0 bridgehead atoms. The molecule has 0 radical (unpaired) electrons. The van der Waals surface area contributed by atoms with Crippen molar-refractivity contribution in [3.63, 3.8) is 0 Å². The van der Waals surface area contributed by atoms with Gasteiger partial charge >= 0.3 is 0 Å². The second-order valence-corrected chi connectivity index (χ2v) is 9.44. The molecule has 2 unspecified atom stereocenters. The van der Waals surface area contributed by atoms with Gasteiger partial charge in [0.05, 0.1) is 11.0 Å². The third kappa shape index (κ3) is 5.78. The highest BCUT2D eigenvalue weighted by molar-refractivity contribution is 7.89. The lowest BCUT2D eigenvalue weighted by atomic mass is 10.2. The molecule has 182 valence electrons. The molecule has 3 aromatic rings. The van der Waals surface area contributed by atoms with Crippen LogP contribution in [0.4, 0.5) is 4.39 Å². The molecule has 0 fully saturated rings. The zero-order valence-corrected chi connectivity index (χ0v) is 19.6. The number of ether oxygens (including phenoxy) is 2. The van der Waals surface area contributed by atoms with Crippen molar-refractivity contribution in [2.24, 2.45) is 7.05 Å². The molecule has 34 heavy (non-hydrogen) atoms. The topological polar surface area (TPSA) is 123 Å². The summed E-state index contributed by atoms with van der Waals surface area (Å²) >= 11 is 0. The number of nitrogens with one attached hydrogen (secondary N) is 1. The average molecular weight is 493 g/mol. The van der Waals surface area contributed by atoms with E-state index in [1.54, 1.807) is 24.0 Å². The molecule has 2 atom stereocenters. The van der Waals surface area contributed by atoms with Gasteiger partial charge in [-0.3, -0.25) is 10.0 Å². The van der Waals surface area contributed by atoms with Gasteiger partial charge in [-0.15, -0.1) is 0 Å². The van der Waals surface area contributed by atoms with Crippen molar-refractivity contribution >= 4 is 15.9 Å². The molecular weight excluding hydrogens is 467 g/mol. The Balaban J connectivity index is 1.76. The van der Waals surface area contributed by atoms with Crippen LogP contribution in [0.15, 0.2) is 65.8 Å². The molecular formula is C22H25FN4O6S. The number of hydrogen-bond acceptors (Lipinski definition) is 7. The minimum atomic E-state index is -4.16. The van der Waals surface area contributed by atoms with Gasteiger partial charge in [-0.05, 0) is 55.5 Å². The summed E-state index contributed by atoms with van der Waals surface area (Å²) in [5, 5.41) is 9.20. The molecule has 2 N–H and O–H groups in total. The lowest BCUT2D eigenvalue weighted by Gasteiger charge is -2.30. The molecule has 0 saturated carbocycles. The van der Waals surface area contributed by atoms with E-state index in [2.05, 4.69) is 4.98 Å². The first-order valence-corrected chi connectivity index (χ1v) is 11.6. The SMILES string of the molecule is CC(OCc1nccn1C)C(C(=O)NO)N(C)S(=O)(=O)c1ccc(Oc2ccc(F)cc2)cc1. The molecule has 0 aliphatic rings. The Labute approximate surface area is 196 Å². The van der Waals surface area contributed by atoms with Crippen LogP contribution in [0, 0.1) is 5.82 Å². The van der Waals surface area contributed by atoms with E-state index in [0.717, 1.165) is 4.31 Å². The van der Waals surface area contributed by atoms with Crippen LogP contribution in [-0.4, -0.2) is 52.6 Å². The Morgan fingerprint density at radius 2 is 1.76 bits per heavy atom. The minimum Gasteiger partial charge on any atom is -0.457 e. The normalized spacial score (nSPS) is 13.5. The van der Waals surface area contributed by atoms with E-state index >= 15 is 0 Å². The summed E-state index contributed by atoms with van der Waals surface area (Å²) in [7, 11) is -1.17. The van der Waals surface area contributed by atoms with Gasteiger partial charge in [-0.2, -0.15) is 4.31 Å². The highest BCUT2D eigenvalue weighted by atomic mass is 32.2. The Morgan fingerprint density at radius 3 is 2.29 bits per heavy atom. The summed E-state index contributed by atoms with van der Waals surface area (Å²) in [6, 6.07) is 9.51. The van der Waals surface area contributed by atoms with Gasteiger partial charge in [0.1, 0.15) is 35.8 Å². The van der Waals surface area contributed by atoms with Crippen molar-refractivity contribution in [1.29, 1.82) is 0 Å². The van der Waals surface area contributed by atoms with Gasteiger partial charge in [-0.25, -0.2) is 23.3 Å². The number of likely N-dealkylation sites (N-methyl/N-ethyl adjacent to an activating group) is 1. The number of carbonyl (C=O) groups is 1. The standard InChI is InChI=1S/C22H25FN4O6S/c1-15(32-14-20-24-12-13-26(20)2)21(22(28)25-29)27(3)34(30,31)19-10-8-18(9-11-19)33-17-6-4-16(23)5-7-17/h4-13,15,21,29H,14H2,1-3H3,(H,25,28). The van der Waals surface area contributed by atoms with Crippen LogP contribution in [-0.2, 0) is 33.2 Å². The fourth-order valence-electron chi connectivity index (χ4n) is 3.21. The van der Waals surface area contributed by atoms with Gasteiger partial charge in [0.15, 0.2) is 0 Å². The maximum Gasteiger partial charge on any atom is 0.264 e. The largest absolute Gasteiger partial charge is 0.457 e. The number of benzene rings is 2. The number of nitrogens with zero attached hydrogens (tertiary/aromatic N) is 3. The van der Waals surface area contributed by atoms with Crippen LogP contribution in [0.2, 0.25) is 0 Å². The van der Waals surface area contributed by atoms with Gasteiger partial charge in [0, 0.05) is 26.5 Å². The second kappa shape index (κ2) is 10.7. The molecule has 0 aliphatic heterocycles.